The number of hydrogen-bond acceptors (Lipinski definition) is 2. The summed E-state index contributed by atoms with van der Waals surface area (Å²) >= 11 is 18.1. The van der Waals surface area contributed by atoms with Gasteiger partial charge in [-0.15, -0.1) is 0 Å². The van der Waals surface area contributed by atoms with Gasteiger partial charge in [-0.1, -0.05) is 34.8 Å². The third kappa shape index (κ3) is 2.72. The fourth-order valence-corrected chi connectivity index (χ4v) is 2.11. The lowest BCUT2D eigenvalue weighted by Gasteiger charge is -2.07. The van der Waals surface area contributed by atoms with Crippen molar-refractivity contribution in [3.63, 3.8) is 0 Å². The summed E-state index contributed by atoms with van der Waals surface area (Å²) in [5, 5.41) is 10.5. The van der Waals surface area contributed by atoms with Crippen LogP contribution in [0.25, 0.3) is 11.3 Å². The fraction of sp³-hybridized carbons (Fsp3) is 0.0833. The van der Waals surface area contributed by atoms with Crippen LogP contribution in [-0.2, 0) is 6.61 Å². The number of aliphatic hydroxyl groups excluding tert-OH is 1. The number of aromatic nitrogens is 1. The average molecular weight is 289 g/mol. The zero-order valence-electron chi connectivity index (χ0n) is 8.62. The first-order valence-electron chi connectivity index (χ1n) is 4.82. The Bertz CT molecular complexity index is 557. The molecule has 2 rings (SSSR count). The van der Waals surface area contributed by atoms with E-state index in [1.54, 1.807) is 30.5 Å². The first-order chi connectivity index (χ1) is 8.11. The van der Waals surface area contributed by atoms with Gasteiger partial charge in [-0.3, -0.25) is 4.98 Å². The van der Waals surface area contributed by atoms with Gasteiger partial charge in [0.25, 0.3) is 0 Å². The molecule has 0 fully saturated rings. The Morgan fingerprint density at radius 1 is 1.06 bits per heavy atom. The van der Waals surface area contributed by atoms with Crippen molar-refractivity contribution in [1.82, 2.24) is 4.98 Å². The lowest BCUT2D eigenvalue weighted by molar-refractivity contribution is 0.281. The quantitative estimate of drug-likeness (QED) is 0.898. The average Bonchev–Trinajstić information content (AvgIpc) is 2.32. The summed E-state index contributed by atoms with van der Waals surface area (Å²) in [7, 11) is 0. The molecule has 1 N–H and O–H groups in total. The minimum absolute atomic E-state index is 0.101. The van der Waals surface area contributed by atoms with Crippen molar-refractivity contribution >= 4 is 34.8 Å². The van der Waals surface area contributed by atoms with E-state index in [0.29, 0.717) is 31.9 Å². The highest BCUT2D eigenvalue weighted by Gasteiger charge is 2.10. The third-order valence-corrected chi connectivity index (χ3v) is 3.12. The van der Waals surface area contributed by atoms with E-state index in [1.807, 2.05) is 0 Å². The summed E-state index contributed by atoms with van der Waals surface area (Å²) in [4.78, 5) is 4.19. The topological polar surface area (TPSA) is 33.1 Å². The first kappa shape index (κ1) is 12.7. The molecule has 2 nitrogen and oxygen atoms in total. The summed E-state index contributed by atoms with van der Waals surface area (Å²) in [6.45, 7) is -0.101. The number of aliphatic hydroxyl groups is 1. The molecule has 0 saturated carbocycles. The molecule has 0 aliphatic carbocycles. The van der Waals surface area contributed by atoms with E-state index in [4.69, 9.17) is 39.9 Å². The van der Waals surface area contributed by atoms with Gasteiger partial charge in [-0.2, -0.15) is 0 Å². The third-order valence-electron chi connectivity index (χ3n) is 2.26. The second kappa shape index (κ2) is 5.23. The highest BCUT2D eigenvalue weighted by Crippen LogP contribution is 2.33. The van der Waals surface area contributed by atoms with E-state index in [-0.39, 0.29) is 6.61 Å². The van der Waals surface area contributed by atoms with E-state index in [2.05, 4.69) is 4.98 Å². The number of halogens is 3. The number of rotatable bonds is 2. The van der Waals surface area contributed by atoms with Crippen LogP contribution in [0, 0.1) is 0 Å². The maximum Gasteiger partial charge on any atom is 0.0903 e. The van der Waals surface area contributed by atoms with E-state index < -0.39 is 0 Å². The van der Waals surface area contributed by atoms with E-state index >= 15 is 0 Å². The number of pyridine rings is 1. The van der Waals surface area contributed by atoms with E-state index in [9.17, 15) is 0 Å². The van der Waals surface area contributed by atoms with Crippen molar-refractivity contribution in [3.05, 3.63) is 51.1 Å². The van der Waals surface area contributed by atoms with Crippen molar-refractivity contribution in [2.24, 2.45) is 0 Å². The molecule has 0 aliphatic rings. The first-order valence-corrected chi connectivity index (χ1v) is 5.96. The van der Waals surface area contributed by atoms with Crippen LogP contribution in [0.1, 0.15) is 5.56 Å². The molecule has 88 valence electrons. The Kier molecular flexibility index (Phi) is 3.89. The van der Waals surface area contributed by atoms with Crippen LogP contribution in [0.15, 0.2) is 30.5 Å². The molecule has 1 aromatic heterocycles. The lowest BCUT2D eigenvalue weighted by atomic mass is 10.1. The van der Waals surface area contributed by atoms with Crippen molar-refractivity contribution < 1.29 is 5.11 Å². The molecule has 0 unspecified atom stereocenters. The highest BCUT2D eigenvalue weighted by molar-refractivity contribution is 6.37. The summed E-state index contributed by atoms with van der Waals surface area (Å²) in [5.74, 6) is 0. The van der Waals surface area contributed by atoms with Gasteiger partial charge in [0.05, 0.1) is 22.3 Å². The van der Waals surface area contributed by atoms with Crippen LogP contribution in [0.3, 0.4) is 0 Å². The Hall–Kier alpha value is -0.800. The fourth-order valence-electron chi connectivity index (χ4n) is 1.44. The normalized spacial score (nSPS) is 10.6. The molecule has 1 heterocycles. The van der Waals surface area contributed by atoms with Gasteiger partial charge in [0.15, 0.2) is 0 Å². The zero-order valence-corrected chi connectivity index (χ0v) is 10.9. The SMILES string of the molecule is OCc1cnc(-c2cc(Cl)ccc2Cl)c(Cl)c1. The van der Waals surface area contributed by atoms with Gasteiger partial charge < -0.3 is 5.11 Å². The Labute approximate surface area is 114 Å². The Balaban J connectivity index is 2.56. The molecule has 2 aromatic rings. The summed E-state index contributed by atoms with van der Waals surface area (Å²) in [5.41, 5.74) is 1.88. The Morgan fingerprint density at radius 3 is 2.47 bits per heavy atom. The maximum absolute atomic E-state index is 8.98. The molecule has 0 bridgehead atoms. The molecule has 5 heteroatoms. The van der Waals surface area contributed by atoms with Gasteiger partial charge in [-0.05, 0) is 29.8 Å². The van der Waals surface area contributed by atoms with Crippen LogP contribution in [0.5, 0.6) is 0 Å². The van der Waals surface area contributed by atoms with Crippen LogP contribution in [0.4, 0.5) is 0 Å². The molecule has 0 saturated heterocycles. The van der Waals surface area contributed by atoms with Crippen molar-refractivity contribution in [1.29, 1.82) is 0 Å². The van der Waals surface area contributed by atoms with Crippen LogP contribution in [-0.4, -0.2) is 10.1 Å². The second-order valence-electron chi connectivity index (χ2n) is 3.46. The largest absolute Gasteiger partial charge is 0.392 e. The minimum Gasteiger partial charge on any atom is -0.392 e. The number of benzene rings is 1. The van der Waals surface area contributed by atoms with Gasteiger partial charge in [-0.25, -0.2) is 0 Å². The van der Waals surface area contributed by atoms with Crippen molar-refractivity contribution in [2.45, 2.75) is 6.61 Å². The molecule has 17 heavy (non-hydrogen) atoms. The smallest absolute Gasteiger partial charge is 0.0903 e. The van der Waals surface area contributed by atoms with Gasteiger partial charge in [0.1, 0.15) is 0 Å². The van der Waals surface area contributed by atoms with Crippen LogP contribution in [0.2, 0.25) is 15.1 Å². The monoisotopic (exact) mass is 287 g/mol. The second-order valence-corrected chi connectivity index (χ2v) is 4.71. The predicted molar refractivity (Wildman–Crippen MR) is 70.6 cm³/mol. The van der Waals surface area contributed by atoms with E-state index in [0.717, 1.165) is 0 Å². The molecule has 0 amide bonds. The van der Waals surface area contributed by atoms with Crippen LogP contribution < -0.4 is 0 Å². The van der Waals surface area contributed by atoms with Gasteiger partial charge in [0, 0.05) is 16.8 Å². The summed E-state index contributed by atoms with van der Waals surface area (Å²) < 4.78 is 0. The lowest BCUT2D eigenvalue weighted by Crippen LogP contribution is -1.90. The van der Waals surface area contributed by atoms with E-state index in [1.165, 1.54) is 0 Å². The zero-order chi connectivity index (χ0) is 12.4. The standard InChI is InChI=1S/C12H8Cl3NO/c13-8-1-2-10(14)9(4-8)12-11(15)3-7(6-17)5-16-12/h1-5,17H,6H2. The molecule has 0 aliphatic heterocycles. The molecule has 1 aromatic carbocycles. The Morgan fingerprint density at radius 2 is 1.82 bits per heavy atom. The van der Waals surface area contributed by atoms with Crippen molar-refractivity contribution in [3.8, 4) is 11.3 Å². The summed E-state index contributed by atoms with van der Waals surface area (Å²) in [6.07, 6.45) is 1.55. The maximum atomic E-state index is 8.98. The summed E-state index contributed by atoms with van der Waals surface area (Å²) in [6, 6.07) is 6.75. The minimum atomic E-state index is -0.101. The predicted octanol–water partition coefficient (Wildman–Crippen LogP) is 4.20. The highest BCUT2D eigenvalue weighted by atomic mass is 35.5. The number of nitrogens with zero attached hydrogens (tertiary/aromatic N) is 1. The molecule has 0 atom stereocenters. The van der Waals surface area contributed by atoms with Gasteiger partial charge in [0.2, 0.25) is 0 Å². The molecular weight excluding hydrogens is 280 g/mol. The molecular formula is C12H8Cl3NO. The van der Waals surface area contributed by atoms with Crippen LogP contribution >= 0.6 is 34.8 Å². The number of hydrogen-bond donors (Lipinski definition) is 1. The van der Waals surface area contributed by atoms with Crippen molar-refractivity contribution in [2.75, 3.05) is 0 Å². The molecule has 0 spiro atoms. The van der Waals surface area contributed by atoms with Gasteiger partial charge >= 0.3 is 0 Å². The molecule has 0 radical (unpaired) electrons.